The summed E-state index contributed by atoms with van der Waals surface area (Å²) in [6.45, 7) is 1.96. The molecule has 7 nitrogen and oxygen atoms in total. The van der Waals surface area contributed by atoms with Crippen molar-refractivity contribution >= 4 is 23.3 Å². The van der Waals surface area contributed by atoms with E-state index >= 15 is 0 Å². The molecule has 1 aromatic carbocycles. The van der Waals surface area contributed by atoms with Crippen LogP contribution in [0.4, 0.5) is 5.69 Å². The van der Waals surface area contributed by atoms with E-state index in [4.69, 9.17) is 26.5 Å². The Morgan fingerprint density at radius 3 is 2.78 bits per heavy atom. The number of furan rings is 1. The van der Waals surface area contributed by atoms with Crippen molar-refractivity contribution in [3.63, 3.8) is 0 Å². The second kappa shape index (κ2) is 7.26. The summed E-state index contributed by atoms with van der Waals surface area (Å²) in [5.41, 5.74) is 6.15. The number of esters is 1. The molecule has 122 valence electrons. The summed E-state index contributed by atoms with van der Waals surface area (Å²) in [5.74, 6) is 0.435. The van der Waals surface area contributed by atoms with Crippen LogP contribution in [0.3, 0.4) is 0 Å². The van der Waals surface area contributed by atoms with E-state index in [2.05, 4.69) is 0 Å². The molecule has 0 spiro atoms. The van der Waals surface area contributed by atoms with Crippen LogP contribution < -0.4 is 5.73 Å². The van der Waals surface area contributed by atoms with Crippen molar-refractivity contribution in [2.45, 2.75) is 19.4 Å². The van der Waals surface area contributed by atoms with Crippen molar-refractivity contribution in [1.29, 1.82) is 0 Å². The Labute approximate surface area is 137 Å². The molecule has 0 bridgehead atoms. The average molecular weight is 339 g/mol. The second-order valence-electron chi connectivity index (χ2n) is 4.75. The molecule has 0 aliphatic carbocycles. The van der Waals surface area contributed by atoms with Gasteiger partial charge in [0.1, 0.15) is 17.6 Å². The van der Waals surface area contributed by atoms with Gasteiger partial charge in [0.2, 0.25) is 0 Å². The maximum atomic E-state index is 11.5. The number of hydrogen-bond acceptors (Lipinski definition) is 6. The number of rotatable bonds is 6. The van der Waals surface area contributed by atoms with Gasteiger partial charge in [0.05, 0.1) is 16.6 Å². The van der Waals surface area contributed by atoms with Crippen LogP contribution in [0.15, 0.2) is 34.7 Å². The maximum absolute atomic E-state index is 11.5. The quantitative estimate of drug-likeness (QED) is 0.492. The lowest BCUT2D eigenvalue weighted by molar-refractivity contribution is -0.384. The van der Waals surface area contributed by atoms with E-state index in [1.165, 1.54) is 18.2 Å². The number of non-ortho nitro benzene ring substituents is 1. The molecule has 0 saturated carbocycles. The predicted molar refractivity (Wildman–Crippen MR) is 84.1 cm³/mol. The molecule has 0 saturated heterocycles. The Hall–Kier alpha value is -2.38. The molecule has 1 atom stereocenters. The minimum absolute atomic E-state index is 0.102. The summed E-state index contributed by atoms with van der Waals surface area (Å²) in [5, 5.41) is 10.9. The summed E-state index contributed by atoms with van der Waals surface area (Å²) in [6.07, 6.45) is 0.184. The van der Waals surface area contributed by atoms with Gasteiger partial charge in [-0.3, -0.25) is 14.9 Å². The van der Waals surface area contributed by atoms with Gasteiger partial charge < -0.3 is 14.9 Å². The number of ether oxygens (including phenoxy) is 1. The van der Waals surface area contributed by atoms with Crippen molar-refractivity contribution in [2.75, 3.05) is 6.61 Å². The summed E-state index contributed by atoms with van der Waals surface area (Å²) < 4.78 is 10.4. The molecule has 1 heterocycles. The smallest absolute Gasteiger partial charge is 0.323 e. The second-order valence-corrected chi connectivity index (χ2v) is 5.16. The molecule has 1 unspecified atom stereocenters. The van der Waals surface area contributed by atoms with E-state index in [9.17, 15) is 14.9 Å². The summed E-state index contributed by atoms with van der Waals surface area (Å²) in [7, 11) is 0. The molecule has 2 N–H and O–H groups in total. The van der Waals surface area contributed by atoms with Gasteiger partial charge in [-0.2, -0.15) is 0 Å². The van der Waals surface area contributed by atoms with Gasteiger partial charge in [-0.15, -0.1) is 0 Å². The summed E-state index contributed by atoms with van der Waals surface area (Å²) >= 11 is 6.05. The van der Waals surface area contributed by atoms with Gasteiger partial charge in [0, 0.05) is 24.1 Å². The molecule has 23 heavy (non-hydrogen) atoms. The number of halogens is 1. The first-order valence-electron chi connectivity index (χ1n) is 6.87. The number of benzene rings is 1. The lowest BCUT2D eigenvalue weighted by atomic mass is 10.1. The number of carbonyl (C=O) groups is 1. The Morgan fingerprint density at radius 1 is 1.43 bits per heavy atom. The number of hydrogen-bond donors (Lipinski definition) is 1. The number of nitrogens with zero attached hydrogens (tertiary/aromatic N) is 1. The van der Waals surface area contributed by atoms with Crippen LogP contribution in [0.25, 0.3) is 11.3 Å². The minimum atomic E-state index is -0.818. The highest BCUT2D eigenvalue weighted by Gasteiger charge is 2.18. The van der Waals surface area contributed by atoms with Crippen LogP contribution in [0.2, 0.25) is 5.02 Å². The van der Waals surface area contributed by atoms with Gasteiger partial charge in [-0.05, 0) is 25.1 Å². The van der Waals surface area contributed by atoms with E-state index in [0.717, 1.165) is 0 Å². The van der Waals surface area contributed by atoms with Crippen LogP contribution >= 0.6 is 11.6 Å². The fraction of sp³-hybridized carbons (Fsp3) is 0.267. The SMILES string of the molecule is CCOC(=O)C(N)Cc1ccc(-c2ccc([N+](=O)[O-])cc2Cl)o1. The molecular weight excluding hydrogens is 324 g/mol. The van der Waals surface area contributed by atoms with Crippen molar-refractivity contribution in [3.8, 4) is 11.3 Å². The van der Waals surface area contributed by atoms with Gasteiger partial charge in [0.15, 0.2) is 0 Å². The average Bonchev–Trinajstić information content (AvgIpc) is 2.95. The Morgan fingerprint density at radius 2 is 2.17 bits per heavy atom. The van der Waals surface area contributed by atoms with Gasteiger partial charge in [-0.25, -0.2) is 0 Å². The molecule has 0 fully saturated rings. The monoisotopic (exact) mass is 338 g/mol. The minimum Gasteiger partial charge on any atom is -0.465 e. The largest absolute Gasteiger partial charge is 0.465 e. The number of nitro benzene ring substituents is 1. The highest BCUT2D eigenvalue weighted by atomic mass is 35.5. The van der Waals surface area contributed by atoms with Crippen LogP contribution in [0, 0.1) is 10.1 Å². The number of nitrogens with two attached hydrogens (primary N) is 1. The van der Waals surface area contributed by atoms with Crippen molar-refractivity contribution < 1.29 is 18.9 Å². The van der Waals surface area contributed by atoms with Gasteiger partial charge in [-0.1, -0.05) is 11.6 Å². The maximum Gasteiger partial charge on any atom is 0.323 e. The fourth-order valence-electron chi connectivity index (χ4n) is 2.00. The first-order chi connectivity index (χ1) is 10.9. The topological polar surface area (TPSA) is 109 Å². The molecule has 0 aliphatic rings. The van der Waals surface area contributed by atoms with Crippen LogP contribution in [0.5, 0.6) is 0 Å². The zero-order chi connectivity index (χ0) is 17.0. The molecule has 0 amide bonds. The molecule has 2 rings (SSSR count). The number of carbonyl (C=O) groups excluding carboxylic acids is 1. The normalized spacial score (nSPS) is 12.0. The zero-order valence-electron chi connectivity index (χ0n) is 12.3. The number of nitro groups is 1. The van der Waals surface area contributed by atoms with E-state index < -0.39 is 16.9 Å². The molecule has 0 aliphatic heterocycles. The van der Waals surface area contributed by atoms with Crippen LogP contribution in [0.1, 0.15) is 12.7 Å². The third kappa shape index (κ3) is 4.08. The molecule has 2 aromatic rings. The lowest BCUT2D eigenvalue weighted by Crippen LogP contribution is -2.34. The van der Waals surface area contributed by atoms with E-state index in [0.29, 0.717) is 17.1 Å². The molecule has 8 heteroatoms. The first kappa shape index (κ1) is 17.0. The summed E-state index contributed by atoms with van der Waals surface area (Å²) in [4.78, 5) is 21.7. The summed E-state index contributed by atoms with van der Waals surface area (Å²) in [6, 6.07) is 6.62. The molecule has 0 radical (unpaired) electrons. The Kier molecular flexibility index (Phi) is 5.36. The highest BCUT2D eigenvalue weighted by molar-refractivity contribution is 6.33. The van der Waals surface area contributed by atoms with Crippen molar-refractivity contribution in [2.24, 2.45) is 5.73 Å². The van der Waals surface area contributed by atoms with E-state index in [-0.39, 0.29) is 23.7 Å². The van der Waals surface area contributed by atoms with Gasteiger partial charge >= 0.3 is 5.97 Å². The van der Waals surface area contributed by atoms with Crippen LogP contribution in [-0.2, 0) is 16.0 Å². The Balaban J connectivity index is 2.16. The van der Waals surface area contributed by atoms with Crippen LogP contribution in [-0.4, -0.2) is 23.5 Å². The standard InChI is InChI=1S/C15H15ClN2O5/c1-2-22-15(19)13(17)8-10-4-6-14(23-10)11-5-3-9(18(20)21)7-12(11)16/h3-7,13H,2,8,17H2,1H3. The molecular formula is C15H15ClN2O5. The highest BCUT2D eigenvalue weighted by Crippen LogP contribution is 2.32. The van der Waals surface area contributed by atoms with Crippen molar-refractivity contribution in [1.82, 2.24) is 0 Å². The van der Waals surface area contributed by atoms with Crippen molar-refractivity contribution in [3.05, 3.63) is 51.2 Å². The third-order valence-electron chi connectivity index (χ3n) is 3.10. The lowest BCUT2D eigenvalue weighted by Gasteiger charge is -2.08. The van der Waals surface area contributed by atoms with Gasteiger partial charge in [0.25, 0.3) is 5.69 Å². The third-order valence-corrected chi connectivity index (χ3v) is 3.41. The Bertz CT molecular complexity index is 728. The first-order valence-corrected chi connectivity index (χ1v) is 7.25. The van der Waals surface area contributed by atoms with E-state index in [1.807, 2.05) is 0 Å². The fourth-order valence-corrected chi connectivity index (χ4v) is 2.27. The predicted octanol–water partition coefficient (Wildman–Crippen LogP) is 2.94. The van der Waals surface area contributed by atoms with E-state index in [1.54, 1.807) is 19.1 Å². The molecule has 1 aromatic heterocycles. The zero-order valence-corrected chi connectivity index (χ0v) is 13.1.